The maximum absolute atomic E-state index is 8.87. The molecule has 1 aliphatic rings. The highest BCUT2D eigenvalue weighted by atomic mass is 16.5. The first-order valence-electron chi connectivity index (χ1n) is 7.02. The number of piperidine rings is 1. The highest BCUT2D eigenvalue weighted by molar-refractivity contribution is 4.68. The summed E-state index contributed by atoms with van der Waals surface area (Å²) in [6, 6.07) is 0. The Kier molecular flexibility index (Phi) is 8.61. The molecule has 102 valence electrons. The molecule has 0 radical (unpaired) electrons. The zero-order valence-electron chi connectivity index (χ0n) is 11.2. The van der Waals surface area contributed by atoms with Crippen molar-refractivity contribution in [2.75, 3.05) is 45.9 Å². The average molecular weight is 244 g/mol. The predicted molar refractivity (Wildman–Crippen MR) is 70.3 cm³/mol. The number of aliphatic hydroxyl groups is 1. The van der Waals surface area contributed by atoms with Gasteiger partial charge in [0.15, 0.2) is 0 Å². The zero-order valence-corrected chi connectivity index (χ0v) is 11.2. The Balaban J connectivity index is 1.92. The summed E-state index contributed by atoms with van der Waals surface area (Å²) in [6.45, 7) is 8.39. The maximum atomic E-state index is 8.87. The molecule has 1 rings (SSSR count). The second kappa shape index (κ2) is 9.83. The summed E-state index contributed by atoms with van der Waals surface area (Å²) in [7, 11) is 0. The minimum atomic E-state index is 0.263. The van der Waals surface area contributed by atoms with Gasteiger partial charge in [0.1, 0.15) is 0 Å². The highest BCUT2D eigenvalue weighted by Crippen LogP contribution is 2.08. The first-order valence-corrected chi connectivity index (χ1v) is 7.02. The fourth-order valence-corrected chi connectivity index (χ4v) is 2.22. The first kappa shape index (κ1) is 14.9. The number of nitrogens with one attached hydrogen (secondary N) is 1. The van der Waals surface area contributed by atoms with E-state index in [0.717, 1.165) is 58.6 Å². The summed E-state index contributed by atoms with van der Waals surface area (Å²) >= 11 is 0. The van der Waals surface area contributed by atoms with Crippen LogP contribution in [0, 0.1) is 0 Å². The Bertz CT molecular complexity index is 166. The van der Waals surface area contributed by atoms with Crippen LogP contribution in [-0.2, 0) is 4.74 Å². The van der Waals surface area contributed by atoms with Crippen molar-refractivity contribution in [2.24, 2.45) is 0 Å². The lowest BCUT2D eigenvalue weighted by molar-refractivity contribution is 0.0298. The van der Waals surface area contributed by atoms with Crippen LogP contribution in [0.1, 0.15) is 32.6 Å². The number of ether oxygens (including phenoxy) is 1. The number of aliphatic hydroxyl groups excluding tert-OH is 1. The van der Waals surface area contributed by atoms with Gasteiger partial charge in [0.2, 0.25) is 0 Å². The SMILES string of the molecule is CCN(CCO)CCCCOC1CCNCC1. The summed E-state index contributed by atoms with van der Waals surface area (Å²) in [4.78, 5) is 2.28. The van der Waals surface area contributed by atoms with Crippen molar-refractivity contribution >= 4 is 0 Å². The fraction of sp³-hybridized carbons (Fsp3) is 1.00. The van der Waals surface area contributed by atoms with Crippen LogP contribution >= 0.6 is 0 Å². The number of hydrogen-bond acceptors (Lipinski definition) is 4. The van der Waals surface area contributed by atoms with Gasteiger partial charge >= 0.3 is 0 Å². The smallest absolute Gasteiger partial charge is 0.0599 e. The van der Waals surface area contributed by atoms with Crippen LogP contribution < -0.4 is 5.32 Å². The summed E-state index contributed by atoms with van der Waals surface area (Å²) in [5.74, 6) is 0. The number of hydrogen-bond donors (Lipinski definition) is 2. The zero-order chi connectivity index (χ0) is 12.3. The molecule has 0 aromatic rings. The number of likely N-dealkylation sites (N-methyl/N-ethyl adjacent to an activating group) is 1. The molecular weight excluding hydrogens is 216 g/mol. The van der Waals surface area contributed by atoms with Crippen molar-refractivity contribution in [1.82, 2.24) is 10.2 Å². The van der Waals surface area contributed by atoms with Gasteiger partial charge in [0.25, 0.3) is 0 Å². The molecule has 1 fully saturated rings. The molecule has 17 heavy (non-hydrogen) atoms. The van der Waals surface area contributed by atoms with Gasteiger partial charge in [-0.1, -0.05) is 6.92 Å². The van der Waals surface area contributed by atoms with E-state index in [9.17, 15) is 0 Å². The highest BCUT2D eigenvalue weighted by Gasteiger charge is 2.12. The van der Waals surface area contributed by atoms with E-state index >= 15 is 0 Å². The van der Waals surface area contributed by atoms with E-state index in [2.05, 4.69) is 17.1 Å². The Hall–Kier alpha value is -0.160. The van der Waals surface area contributed by atoms with Gasteiger partial charge in [-0.25, -0.2) is 0 Å². The van der Waals surface area contributed by atoms with Gasteiger partial charge in [-0.15, -0.1) is 0 Å². The molecule has 1 aliphatic heterocycles. The van der Waals surface area contributed by atoms with Gasteiger partial charge < -0.3 is 20.1 Å². The summed E-state index contributed by atoms with van der Waals surface area (Å²) < 4.78 is 5.85. The Morgan fingerprint density at radius 2 is 2.00 bits per heavy atom. The lowest BCUT2D eigenvalue weighted by Gasteiger charge is -2.23. The van der Waals surface area contributed by atoms with Crippen molar-refractivity contribution in [1.29, 1.82) is 0 Å². The van der Waals surface area contributed by atoms with E-state index in [-0.39, 0.29) is 6.61 Å². The second-order valence-corrected chi connectivity index (χ2v) is 4.69. The van der Waals surface area contributed by atoms with E-state index in [4.69, 9.17) is 9.84 Å². The molecule has 0 aromatic carbocycles. The lowest BCUT2D eigenvalue weighted by Crippen LogP contribution is -2.32. The number of unbranched alkanes of at least 4 members (excludes halogenated alkanes) is 1. The molecular formula is C13H28N2O2. The van der Waals surface area contributed by atoms with Crippen molar-refractivity contribution < 1.29 is 9.84 Å². The molecule has 0 saturated carbocycles. The van der Waals surface area contributed by atoms with Crippen molar-refractivity contribution in [3.63, 3.8) is 0 Å². The summed E-state index contributed by atoms with van der Waals surface area (Å²) in [6.07, 6.45) is 5.10. The topological polar surface area (TPSA) is 44.7 Å². The third kappa shape index (κ3) is 6.99. The van der Waals surface area contributed by atoms with Crippen LogP contribution in [0.2, 0.25) is 0 Å². The standard InChI is InChI=1S/C13H28N2O2/c1-2-15(10-11-16)9-3-4-12-17-13-5-7-14-8-6-13/h13-14,16H,2-12H2,1H3. The Morgan fingerprint density at radius 3 is 2.65 bits per heavy atom. The van der Waals surface area contributed by atoms with Crippen molar-refractivity contribution in [2.45, 2.75) is 38.7 Å². The van der Waals surface area contributed by atoms with Crippen LogP contribution in [0.15, 0.2) is 0 Å². The molecule has 0 amide bonds. The maximum Gasteiger partial charge on any atom is 0.0599 e. The third-order valence-electron chi connectivity index (χ3n) is 3.37. The van der Waals surface area contributed by atoms with E-state index in [0.29, 0.717) is 6.10 Å². The van der Waals surface area contributed by atoms with Crippen LogP contribution in [0.5, 0.6) is 0 Å². The molecule has 0 bridgehead atoms. The molecule has 1 heterocycles. The van der Waals surface area contributed by atoms with E-state index in [1.807, 2.05) is 0 Å². The quantitative estimate of drug-likeness (QED) is 0.590. The lowest BCUT2D eigenvalue weighted by atomic mass is 10.1. The Labute approximate surface area is 105 Å². The normalized spacial score (nSPS) is 17.8. The minimum Gasteiger partial charge on any atom is -0.395 e. The molecule has 4 nitrogen and oxygen atoms in total. The van der Waals surface area contributed by atoms with Crippen molar-refractivity contribution in [3.05, 3.63) is 0 Å². The van der Waals surface area contributed by atoms with Gasteiger partial charge in [-0.2, -0.15) is 0 Å². The van der Waals surface area contributed by atoms with E-state index < -0.39 is 0 Å². The monoisotopic (exact) mass is 244 g/mol. The molecule has 1 saturated heterocycles. The van der Waals surface area contributed by atoms with Gasteiger partial charge in [-0.05, 0) is 51.9 Å². The average Bonchev–Trinajstić information content (AvgIpc) is 2.38. The molecule has 4 heteroatoms. The number of nitrogens with zero attached hydrogens (tertiary/aromatic N) is 1. The minimum absolute atomic E-state index is 0.263. The molecule has 0 unspecified atom stereocenters. The molecule has 2 N–H and O–H groups in total. The van der Waals surface area contributed by atoms with Crippen LogP contribution in [-0.4, -0.2) is 62.0 Å². The summed E-state index contributed by atoms with van der Waals surface area (Å²) in [5, 5.41) is 12.2. The second-order valence-electron chi connectivity index (χ2n) is 4.69. The third-order valence-corrected chi connectivity index (χ3v) is 3.37. The molecule has 0 spiro atoms. The number of rotatable bonds is 9. The van der Waals surface area contributed by atoms with Crippen LogP contribution in [0.4, 0.5) is 0 Å². The van der Waals surface area contributed by atoms with Gasteiger partial charge in [-0.3, -0.25) is 0 Å². The predicted octanol–water partition coefficient (Wildman–Crippen LogP) is 0.849. The molecule has 0 aliphatic carbocycles. The van der Waals surface area contributed by atoms with E-state index in [1.54, 1.807) is 0 Å². The van der Waals surface area contributed by atoms with Crippen molar-refractivity contribution in [3.8, 4) is 0 Å². The fourth-order valence-electron chi connectivity index (χ4n) is 2.22. The van der Waals surface area contributed by atoms with Crippen LogP contribution in [0.25, 0.3) is 0 Å². The van der Waals surface area contributed by atoms with Crippen LogP contribution in [0.3, 0.4) is 0 Å². The summed E-state index contributed by atoms with van der Waals surface area (Å²) in [5.41, 5.74) is 0. The Morgan fingerprint density at radius 1 is 1.24 bits per heavy atom. The van der Waals surface area contributed by atoms with Gasteiger partial charge in [0, 0.05) is 13.2 Å². The van der Waals surface area contributed by atoms with Gasteiger partial charge in [0.05, 0.1) is 12.7 Å². The largest absolute Gasteiger partial charge is 0.395 e. The van der Waals surface area contributed by atoms with E-state index in [1.165, 1.54) is 6.42 Å². The first-order chi connectivity index (χ1) is 8.36. The molecule has 0 atom stereocenters. The molecule has 0 aromatic heterocycles.